The summed E-state index contributed by atoms with van der Waals surface area (Å²) in [4.78, 5) is 23.3. The van der Waals surface area contributed by atoms with Gasteiger partial charge in [0.2, 0.25) is 5.91 Å². The third kappa shape index (κ3) is 6.59. The quantitative estimate of drug-likeness (QED) is 0.736. The summed E-state index contributed by atoms with van der Waals surface area (Å²) in [5, 5.41) is 12.2. The summed E-state index contributed by atoms with van der Waals surface area (Å²) in [5.41, 5.74) is 0. The van der Waals surface area contributed by atoms with Crippen molar-refractivity contribution >= 4 is 46.8 Å². The lowest BCUT2D eigenvalue weighted by Crippen LogP contribution is -2.34. The van der Waals surface area contributed by atoms with Crippen LogP contribution in [0.3, 0.4) is 0 Å². The van der Waals surface area contributed by atoms with Gasteiger partial charge in [-0.2, -0.15) is 0 Å². The standard InChI is InChI=1S/C14H17Cl2NO3S/c1-8(5-13(18)19)7-17-14(20)9(2)21-12-6-10(15)3-4-11(12)16/h3-4,6,8-9H,5,7H2,1-2H3,(H,17,20)(H,18,19). The largest absolute Gasteiger partial charge is 0.481 e. The number of carboxylic acids is 1. The molecular weight excluding hydrogens is 333 g/mol. The molecule has 0 aromatic heterocycles. The highest BCUT2D eigenvalue weighted by Crippen LogP contribution is 2.32. The van der Waals surface area contributed by atoms with Gasteiger partial charge in [-0.15, -0.1) is 11.8 Å². The number of nitrogens with one attached hydrogen (secondary N) is 1. The maximum absolute atomic E-state index is 12.0. The van der Waals surface area contributed by atoms with Crippen molar-refractivity contribution in [3.05, 3.63) is 28.2 Å². The molecule has 2 N–H and O–H groups in total. The van der Waals surface area contributed by atoms with Crippen LogP contribution in [0.1, 0.15) is 20.3 Å². The van der Waals surface area contributed by atoms with Crippen molar-refractivity contribution in [2.24, 2.45) is 5.92 Å². The van der Waals surface area contributed by atoms with Crippen molar-refractivity contribution in [2.75, 3.05) is 6.54 Å². The predicted molar refractivity (Wildman–Crippen MR) is 86.2 cm³/mol. The van der Waals surface area contributed by atoms with E-state index in [9.17, 15) is 9.59 Å². The molecular formula is C14H17Cl2NO3S. The van der Waals surface area contributed by atoms with Gasteiger partial charge in [-0.25, -0.2) is 0 Å². The van der Waals surface area contributed by atoms with Crippen LogP contribution >= 0.6 is 35.0 Å². The van der Waals surface area contributed by atoms with Crippen molar-refractivity contribution < 1.29 is 14.7 Å². The molecule has 0 saturated heterocycles. The van der Waals surface area contributed by atoms with E-state index in [0.717, 1.165) is 4.90 Å². The van der Waals surface area contributed by atoms with Crippen LogP contribution in [0.15, 0.2) is 23.1 Å². The van der Waals surface area contributed by atoms with Crippen LogP contribution in [-0.4, -0.2) is 28.8 Å². The lowest BCUT2D eigenvalue weighted by Gasteiger charge is -2.15. The number of thioether (sulfide) groups is 1. The van der Waals surface area contributed by atoms with E-state index in [2.05, 4.69) is 5.32 Å². The van der Waals surface area contributed by atoms with Crippen LogP contribution in [0.5, 0.6) is 0 Å². The fourth-order valence-electron chi connectivity index (χ4n) is 1.60. The SMILES string of the molecule is CC(CNC(=O)C(C)Sc1cc(Cl)ccc1Cl)CC(=O)O. The van der Waals surface area contributed by atoms with Gasteiger partial charge in [-0.3, -0.25) is 9.59 Å². The maximum Gasteiger partial charge on any atom is 0.303 e. The Bertz CT molecular complexity index is 525. The Kier molecular flexibility index (Phi) is 7.35. The number of aliphatic carboxylic acids is 1. The first-order valence-electron chi connectivity index (χ1n) is 6.40. The van der Waals surface area contributed by atoms with E-state index in [0.29, 0.717) is 16.6 Å². The minimum Gasteiger partial charge on any atom is -0.481 e. The minimum atomic E-state index is -0.870. The number of amides is 1. The normalized spacial score (nSPS) is 13.5. The summed E-state index contributed by atoms with van der Waals surface area (Å²) >= 11 is 13.3. The predicted octanol–water partition coefficient (Wildman–Crippen LogP) is 3.70. The van der Waals surface area contributed by atoms with Crippen LogP contribution in [-0.2, 0) is 9.59 Å². The Morgan fingerprint density at radius 2 is 2.00 bits per heavy atom. The second kappa shape index (κ2) is 8.51. The number of halogens is 2. The topological polar surface area (TPSA) is 66.4 Å². The van der Waals surface area contributed by atoms with E-state index in [1.165, 1.54) is 11.8 Å². The second-order valence-corrected chi connectivity index (χ2v) is 7.01. The van der Waals surface area contributed by atoms with Gasteiger partial charge < -0.3 is 10.4 Å². The van der Waals surface area contributed by atoms with Crippen LogP contribution in [0.25, 0.3) is 0 Å². The van der Waals surface area contributed by atoms with E-state index in [4.69, 9.17) is 28.3 Å². The molecule has 0 fully saturated rings. The third-order valence-corrected chi connectivity index (χ3v) is 4.55. The van der Waals surface area contributed by atoms with Gasteiger partial charge in [0.05, 0.1) is 10.3 Å². The van der Waals surface area contributed by atoms with Crippen molar-refractivity contribution in [3.63, 3.8) is 0 Å². The van der Waals surface area contributed by atoms with Crippen molar-refractivity contribution in [2.45, 2.75) is 30.4 Å². The first-order chi connectivity index (χ1) is 9.79. The lowest BCUT2D eigenvalue weighted by atomic mass is 10.1. The van der Waals surface area contributed by atoms with Gasteiger partial charge >= 0.3 is 5.97 Å². The number of carboxylic acid groups (broad SMARTS) is 1. The summed E-state index contributed by atoms with van der Waals surface area (Å²) in [6.07, 6.45) is 0.0297. The van der Waals surface area contributed by atoms with E-state index in [1.807, 2.05) is 0 Å². The molecule has 1 amide bonds. The maximum atomic E-state index is 12.0. The smallest absolute Gasteiger partial charge is 0.303 e. The number of carbonyl (C=O) groups is 2. The zero-order valence-electron chi connectivity index (χ0n) is 11.7. The molecule has 0 aliphatic carbocycles. The van der Waals surface area contributed by atoms with Gasteiger partial charge in [0.25, 0.3) is 0 Å². The Labute approximate surface area is 138 Å². The Morgan fingerprint density at radius 1 is 1.33 bits per heavy atom. The van der Waals surface area contributed by atoms with Crippen LogP contribution in [0.4, 0.5) is 0 Å². The molecule has 0 aliphatic rings. The molecule has 0 aliphatic heterocycles. The summed E-state index contributed by atoms with van der Waals surface area (Å²) in [7, 11) is 0. The summed E-state index contributed by atoms with van der Waals surface area (Å²) < 4.78 is 0. The highest BCUT2D eigenvalue weighted by Gasteiger charge is 2.17. The molecule has 7 heteroatoms. The second-order valence-electron chi connectivity index (χ2n) is 4.78. The lowest BCUT2D eigenvalue weighted by molar-refractivity contribution is -0.138. The van der Waals surface area contributed by atoms with Crippen molar-refractivity contribution in [1.29, 1.82) is 0 Å². The summed E-state index contributed by atoms with van der Waals surface area (Å²) in [6.45, 7) is 3.87. The molecule has 116 valence electrons. The Hall–Kier alpha value is -0.910. The summed E-state index contributed by atoms with van der Waals surface area (Å²) in [6, 6.07) is 5.09. The molecule has 0 spiro atoms. The molecule has 1 aromatic rings. The van der Waals surface area contributed by atoms with Crippen molar-refractivity contribution in [1.82, 2.24) is 5.32 Å². The first-order valence-corrected chi connectivity index (χ1v) is 8.04. The van der Waals surface area contributed by atoms with Crippen LogP contribution < -0.4 is 5.32 Å². The first kappa shape index (κ1) is 18.1. The highest BCUT2D eigenvalue weighted by molar-refractivity contribution is 8.00. The average molecular weight is 350 g/mol. The van der Waals surface area contributed by atoms with Crippen LogP contribution in [0.2, 0.25) is 10.0 Å². The summed E-state index contributed by atoms with van der Waals surface area (Å²) in [5.74, 6) is -1.14. The monoisotopic (exact) mass is 349 g/mol. The zero-order chi connectivity index (χ0) is 16.0. The molecule has 0 heterocycles. The van der Waals surface area contributed by atoms with E-state index in [-0.39, 0.29) is 23.5 Å². The molecule has 2 unspecified atom stereocenters. The Balaban J connectivity index is 2.51. The molecule has 1 rings (SSSR count). The van der Waals surface area contributed by atoms with Gasteiger partial charge in [0, 0.05) is 22.9 Å². The number of hydrogen-bond acceptors (Lipinski definition) is 3. The highest BCUT2D eigenvalue weighted by atomic mass is 35.5. The fourth-order valence-corrected chi connectivity index (χ4v) is 3.04. The number of hydrogen-bond donors (Lipinski definition) is 2. The van der Waals surface area contributed by atoms with Gasteiger partial charge in [0.15, 0.2) is 0 Å². The van der Waals surface area contributed by atoms with Gasteiger partial charge in [-0.05, 0) is 31.0 Å². The minimum absolute atomic E-state index is 0.0297. The molecule has 0 bridgehead atoms. The number of benzene rings is 1. The molecule has 2 atom stereocenters. The molecule has 0 saturated carbocycles. The van der Waals surface area contributed by atoms with Gasteiger partial charge in [-0.1, -0.05) is 30.1 Å². The average Bonchev–Trinajstić information content (AvgIpc) is 2.39. The molecule has 1 aromatic carbocycles. The molecule has 0 radical (unpaired) electrons. The van der Waals surface area contributed by atoms with Crippen molar-refractivity contribution in [3.8, 4) is 0 Å². The molecule has 21 heavy (non-hydrogen) atoms. The zero-order valence-corrected chi connectivity index (χ0v) is 14.1. The van der Waals surface area contributed by atoms with Gasteiger partial charge in [0.1, 0.15) is 0 Å². The fraction of sp³-hybridized carbons (Fsp3) is 0.429. The number of carbonyl (C=O) groups excluding carboxylic acids is 1. The van der Waals surface area contributed by atoms with E-state index in [1.54, 1.807) is 32.0 Å². The third-order valence-electron chi connectivity index (χ3n) is 2.71. The van der Waals surface area contributed by atoms with E-state index >= 15 is 0 Å². The Morgan fingerprint density at radius 3 is 2.62 bits per heavy atom. The van der Waals surface area contributed by atoms with Crippen LogP contribution in [0, 0.1) is 5.92 Å². The number of rotatable bonds is 7. The van der Waals surface area contributed by atoms with E-state index < -0.39 is 5.97 Å². The molecule has 4 nitrogen and oxygen atoms in total.